The average Bonchev–Trinajstić information content (AvgIpc) is 2.72. The first kappa shape index (κ1) is 20.8. The molecular weight excluding hydrogens is 374 g/mol. The van der Waals surface area contributed by atoms with Crippen molar-refractivity contribution in [2.24, 2.45) is 10.9 Å². The first-order chi connectivity index (χ1) is 14.3. The molecule has 160 valence electrons. The Morgan fingerprint density at radius 3 is 2.47 bits per heavy atom. The van der Waals surface area contributed by atoms with Gasteiger partial charge < -0.3 is 15.8 Å². The molecule has 0 amide bonds. The topological polar surface area (TPSA) is 85.4 Å². The highest BCUT2D eigenvalue weighted by Gasteiger charge is 2.35. The van der Waals surface area contributed by atoms with Crippen molar-refractivity contribution in [3.05, 3.63) is 41.7 Å². The van der Waals surface area contributed by atoms with E-state index >= 15 is 0 Å². The predicted octanol–water partition coefficient (Wildman–Crippen LogP) is 4.62. The van der Waals surface area contributed by atoms with Gasteiger partial charge in [0.1, 0.15) is 11.9 Å². The van der Waals surface area contributed by atoms with Crippen LogP contribution in [0.1, 0.15) is 70.4 Å². The standard InChI is InChI=1S/C24H33N5O/c1-15(2)26-13-16-5-7-17(8-6-16)18-9-11-19(12-10-18)21-24(3,4)30-23-20(29-21)22(25)27-14-28-23/h9-12,14-17,26H,5-8,13H2,1-4H3,(H2,25,27,28). The average molecular weight is 408 g/mol. The van der Waals surface area contributed by atoms with Crippen LogP contribution in [0.15, 0.2) is 35.6 Å². The number of hydrogen-bond donors (Lipinski definition) is 2. The van der Waals surface area contributed by atoms with Crippen LogP contribution in [0.5, 0.6) is 5.88 Å². The number of nitrogens with zero attached hydrogens (tertiary/aromatic N) is 3. The van der Waals surface area contributed by atoms with Gasteiger partial charge in [0.2, 0.25) is 5.88 Å². The molecule has 3 N–H and O–H groups in total. The number of hydrogen-bond acceptors (Lipinski definition) is 6. The Labute approximate surface area is 179 Å². The molecule has 1 aliphatic heterocycles. The van der Waals surface area contributed by atoms with E-state index in [1.54, 1.807) is 0 Å². The Hall–Kier alpha value is -2.47. The molecule has 1 saturated carbocycles. The van der Waals surface area contributed by atoms with E-state index in [2.05, 4.69) is 53.4 Å². The molecule has 0 unspecified atom stereocenters. The van der Waals surface area contributed by atoms with Gasteiger partial charge in [0.25, 0.3) is 0 Å². The molecule has 0 bridgehead atoms. The van der Waals surface area contributed by atoms with Crippen molar-refractivity contribution in [1.82, 2.24) is 15.3 Å². The van der Waals surface area contributed by atoms with Gasteiger partial charge in [-0.25, -0.2) is 9.98 Å². The van der Waals surface area contributed by atoms with Crippen molar-refractivity contribution in [3.8, 4) is 5.88 Å². The fourth-order valence-corrected chi connectivity index (χ4v) is 4.52. The molecule has 0 spiro atoms. The SMILES string of the molecule is CC(C)NCC1CCC(c2ccc(C3=Nc4c(N)ncnc4OC3(C)C)cc2)CC1. The zero-order chi connectivity index (χ0) is 21.3. The van der Waals surface area contributed by atoms with E-state index in [1.165, 1.54) is 37.6 Å². The largest absolute Gasteiger partial charge is 0.463 e. The van der Waals surface area contributed by atoms with Gasteiger partial charge in [0, 0.05) is 11.6 Å². The number of rotatable bonds is 5. The number of ether oxygens (including phenoxy) is 1. The third-order valence-electron chi connectivity index (χ3n) is 6.28. The van der Waals surface area contributed by atoms with Gasteiger partial charge in [-0.2, -0.15) is 4.98 Å². The molecule has 1 aromatic carbocycles. The lowest BCUT2D eigenvalue weighted by molar-refractivity contribution is 0.171. The minimum Gasteiger partial charge on any atom is -0.463 e. The van der Waals surface area contributed by atoms with Crippen molar-refractivity contribution >= 4 is 17.2 Å². The summed E-state index contributed by atoms with van der Waals surface area (Å²) in [6, 6.07) is 9.41. The monoisotopic (exact) mass is 407 g/mol. The Morgan fingerprint density at radius 2 is 1.80 bits per heavy atom. The van der Waals surface area contributed by atoms with Gasteiger partial charge in [-0.1, -0.05) is 38.1 Å². The maximum atomic E-state index is 6.10. The van der Waals surface area contributed by atoms with Crippen LogP contribution in [-0.4, -0.2) is 33.9 Å². The summed E-state index contributed by atoms with van der Waals surface area (Å²) < 4.78 is 6.10. The maximum Gasteiger partial charge on any atom is 0.246 e. The van der Waals surface area contributed by atoms with E-state index in [0.29, 0.717) is 29.3 Å². The van der Waals surface area contributed by atoms with Gasteiger partial charge in [0.15, 0.2) is 11.5 Å². The van der Waals surface area contributed by atoms with Gasteiger partial charge in [0.05, 0.1) is 5.71 Å². The summed E-state index contributed by atoms with van der Waals surface area (Å²) in [5.41, 5.74) is 9.25. The summed E-state index contributed by atoms with van der Waals surface area (Å²) >= 11 is 0. The molecule has 2 aliphatic rings. The summed E-state index contributed by atoms with van der Waals surface area (Å²) in [6.07, 6.45) is 6.54. The van der Waals surface area contributed by atoms with Crippen LogP contribution in [0.2, 0.25) is 0 Å². The molecule has 1 aromatic heterocycles. The second kappa shape index (κ2) is 8.34. The highest BCUT2D eigenvalue weighted by atomic mass is 16.5. The van der Waals surface area contributed by atoms with Crippen LogP contribution >= 0.6 is 0 Å². The summed E-state index contributed by atoms with van der Waals surface area (Å²) in [4.78, 5) is 13.0. The van der Waals surface area contributed by atoms with Crippen molar-refractivity contribution in [1.29, 1.82) is 0 Å². The van der Waals surface area contributed by atoms with Crippen molar-refractivity contribution < 1.29 is 4.74 Å². The van der Waals surface area contributed by atoms with Crippen LogP contribution in [0.25, 0.3) is 0 Å². The van der Waals surface area contributed by atoms with Crippen molar-refractivity contribution in [2.45, 2.75) is 70.9 Å². The fraction of sp³-hybridized carbons (Fsp3) is 0.542. The molecule has 0 saturated heterocycles. The van der Waals surface area contributed by atoms with E-state index in [4.69, 9.17) is 15.5 Å². The van der Waals surface area contributed by atoms with Crippen LogP contribution in [-0.2, 0) is 0 Å². The van der Waals surface area contributed by atoms with Gasteiger partial charge in [-0.15, -0.1) is 0 Å². The molecule has 1 fully saturated rings. The van der Waals surface area contributed by atoms with Gasteiger partial charge >= 0.3 is 0 Å². The molecular formula is C24H33N5O. The highest BCUT2D eigenvalue weighted by molar-refractivity contribution is 6.09. The van der Waals surface area contributed by atoms with Gasteiger partial charge in [-0.3, -0.25) is 0 Å². The number of fused-ring (bicyclic) bond motifs is 1. The first-order valence-corrected chi connectivity index (χ1v) is 11.1. The van der Waals surface area contributed by atoms with Crippen LogP contribution in [0, 0.1) is 5.92 Å². The summed E-state index contributed by atoms with van der Waals surface area (Å²) in [5.74, 6) is 2.24. The normalized spacial score (nSPS) is 22.9. The van der Waals surface area contributed by atoms with E-state index < -0.39 is 5.60 Å². The van der Waals surface area contributed by atoms with Crippen molar-refractivity contribution in [2.75, 3.05) is 12.3 Å². The molecule has 6 nitrogen and oxygen atoms in total. The smallest absolute Gasteiger partial charge is 0.246 e. The van der Waals surface area contributed by atoms with Crippen LogP contribution < -0.4 is 15.8 Å². The van der Waals surface area contributed by atoms with E-state index in [9.17, 15) is 0 Å². The molecule has 0 atom stereocenters. The zero-order valence-corrected chi connectivity index (χ0v) is 18.5. The number of aliphatic imine (C=N–C) groups is 1. The highest BCUT2D eigenvalue weighted by Crippen LogP contribution is 2.40. The number of anilines is 1. The van der Waals surface area contributed by atoms with Gasteiger partial charge in [-0.05, 0) is 63.5 Å². The molecule has 1 aliphatic carbocycles. The summed E-state index contributed by atoms with van der Waals surface area (Å²) in [7, 11) is 0. The van der Waals surface area contributed by atoms with Crippen LogP contribution in [0.3, 0.4) is 0 Å². The van der Waals surface area contributed by atoms with E-state index in [-0.39, 0.29) is 0 Å². The van der Waals surface area contributed by atoms with Crippen molar-refractivity contribution in [3.63, 3.8) is 0 Å². The number of nitrogen functional groups attached to an aromatic ring is 1. The lowest BCUT2D eigenvalue weighted by Gasteiger charge is -2.32. The Bertz CT molecular complexity index is 912. The molecule has 30 heavy (non-hydrogen) atoms. The maximum absolute atomic E-state index is 6.10. The number of nitrogens with two attached hydrogens (primary N) is 1. The molecule has 2 aromatic rings. The zero-order valence-electron chi connectivity index (χ0n) is 18.5. The minimum absolute atomic E-state index is 0.341. The molecule has 6 heteroatoms. The summed E-state index contributed by atoms with van der Waals surface area (Å²) in [5, 5.41) is 3.59. The quantitative estimate of drug-likeness (QED) is 0.755. The minimum atomic E-state index is -0.587. The van der Waals surface area contributed by atoms with Crippen LogP contribution in [0.4, 0.5) is 11.5 Å². The Kier molecular flexibility index (Phi) is 5.78. The lowest BCUT2D eigenvalue weighted by Crippen LogP contribution is -2.41. The number of aromatic nitrogens is 2. The third-order valence-corrected chi connectivity index (χ3v) is 6.28. The van der Waals surface area contributed by atoms with E-state index in [0.717, 1.165) is 23.7 Å². The summed E-state index contributed by atoms with van der Waals surface area (Å²) in [6.45, 7) is 9.60. The number of nitrogens with one attached hydrogen (secondary N) is 1. The Balaban J connectivity index is 1.48. The molecule has 2 heterocycles. The molecule has 4 rings (SSSR count). The number of benzene rings is 1. The predicted molar refractivity (Wildman–Crippen MR) is 122 cm³/mol. The fourth-order valence-electron chi connectivity index (χ4n) is 4.52. The van der Waals surface area contributed by atoms with E-state index in [1.807, 2.05) is 13.8 Å². The molecule has 0 radical (unpaired) electrons. The Morgan fingerprint density at radius 1 is 1.10 bits per heavy atom. The second-order valence-corrected chi connectivity index (χ2v) is 9.39. The lowest BCUT2D eigenvalue weighted by atomic mass is 9.78. The first-order valence-electron chi connectivity index (χ1n) is 11.1. The third kappa shape index (κ3) is 4.33. The second-order valence-electron chi connectivity index (χ2n) is 9.39.